The number of sulfonamides is 1. The molecule has 0 saturated heterocycles. The first-order valence-corrected chi connectivity index (χ1v) is 13.7. The first kappa shape index (κ1) is 24.2. The van der Waals surface area contributed by atoms with Crippen molar-refractivity contribution in [2.45, 2.75) is 24.0 Å². The van der Waals surface area contributed by atoms with E-state index in [0.717, 1.165) is 29.5 Å². The van der Waals surface area contributed by atoms with Crippen LogP contribution in [0.1, 0.15) is 18.7 Å². The van der Waals surface area contributed by atoms with Crippen molar-refractivity contribution in [2.24, 2.45) is 5.92 Å². The third-order valence-corrected chi connectivity index (χ3v) is 8.66. The van der Waals surface area contributed by atoms with Crippen LogP contribution in [0, 0.1) is 12.8 Å². The molecular weight excluding hydrogens is 524 g/mol. The van der Waals surface area contributed by atoms with Gasteiger partial charge in [-0.05, 0) is 68.1 Å². The van der Waals surface area contributed by atoms with Gasteiger partial charge < -0.3 is 10.6 Å². The van der Waals surface area contributed by atoms with Gasteiger partial charge in [0.05, 0.1) is 27.1 Å². The lowest BCUT2D eigenvalue weighted by molar-refractivity contribution is 0.256. The molecule has 1 aromatic carbocycles. The molecule has 0 unspecified atom stereocenters. The average Bonchev–Trinajstić information content (AvgIpc) is 3.55. The minimum Gasteiger partial charge on any atom is -0.385 e. The van der Waals surface area contributed by atoms with Gasteiger partial charge in [0.1, 0.15) is 15.9 Å². The topological polar surface area (TPSA) is 135 Å². The van der Waals surface area contributed by atoms with Gasteiger partial charge in [0.2, 0.25) is 0 Å². The summed E-state index contributed by atoms with van der Waals surface area (Å²) < 4.78 is 28.1. The van der Waals surface area contributed by atoms with Gasteiger partial charge in [0, 0.05) is 12.2 Å². The number of aromatic nitrogens is 3. The molecule has 3 aromatic heterocycles. The van der Waals surface area contributed by atoms with E-state index < -0.39 is 16.1 Å². The number of nitrogens with zero attached hydrogens (tertiary/aromatic N) is 3. The number of pyridine rings is 1. The fraction of sp³-hybridized carbons (Fsp3) is 0.217. The molecule has 1 saturated carbocycles. The Morgan fingerprint density at radius 3 is 2.61 bits per heavy atom. The van der Waals surface area contributed by atoms with E-state index in [0.29, 0.717) is 22.5 Å². The Morgan fingerprint density at radius 1 is 1.17 bits per heavy atom. The number of amides is 2. The average molecular weight is 545 g/mol. The van der Waals surface area contributed by atoms with Crippen LogP contribution in [-0.4, -0.2) is 35.5 Å². The Balaban J connectivity index is 1.32. The van der Waals surface area contributed by atoms with Crippen LogP contribution < -0.4 is 20.9 Å². The Bertz CT molecular complexity index is 1630. The van der Waals surface area contributed by atoms with Crippen molar-refractivity contribution in [3.05, 3.63) is 69.2 Å². The molecule has 4 aromatic rings. The zero-order chi connectivity index (χ0) is 25.4. The van der Waals surface area contributed by atoms with E-state index in [1.54, 1.807) is 13.0 Å². The minimum atomic E-state index is -4.06. The van der Waals surface area contributed by atoms with E-state index in [9.17, 15) is 18.0 Å². The number of benzene rings is 1. The lowest BCUT2D eigenvalue weighted by Crippen LogP contribution is -2.34. The quantitative estimate of drug-likeness (QED) is 0.318. The molecule has 2 amide bonds. The van der Waals surface area contributed by atoms with E-state index in [-0.39, 0.29) is 19.8 Å². The van der Waals surface area contributed by atoms with E-state index in [2.05, 4.69) is 20.6 Å². The van der Waals surface area contributed by atoms with Crippen LogP contribution in [0.2, 0.25) is 4.34 Å². The Labute approximate surface area is 215 Å². The Hall–Kier alpha value is -3.48. The van der Waals surface area contributed by atoms with Crippen LogP contribution in [0.5, 0.6) is 0 Å². The number of carbonyl (C=O) groups excluding carboxylic acids is 1. The van der Waals surface area contributed by atoms with Crippen molar-refractivity contribution in [2.75, 3.05) is 17.2 Å². The number of anilines is 2. The fourth-order valence-corrected chi connectivity index (χ4v) is 6.01. The summed E-state index contributed by atoms with van der Waals surface area (Å²) in [6.07, 6.45) is 3.82. The first-order chi connectivity index (χ1) is 17.2. The Kier molecular flexibility index (Phi) is 6.41. The summed E-state index contributed by atoms with van der Waals surface area (Å²) in [6, 6.07) is 10.3. The van der Waals surface area contributed by atoms with Crippen molar-refractivity contribution >= 4 is 61.3 Å². The predicted molar refractivity (Wildman–Crippen MR) is 140 cm³/mol. The second kappa shape index (κ2) is 9.52. The monoisotopic (exact) mass is 544 g/mol. The number of hydrogen-bond acceptors (Lipinski definition) is 8. The lowest BCUT2D eigenvalue weighted by Gasteiger charge is -2.12. The first-order valence-electron chi connectivity index (χ1n) is 11.0. The van der Waals surface area contributed by atoms with Crippen LogP contribution in [0.15, 0.2) is 57.7 Å². The lowest BCUT2D eigenvalue weighted by atomic mass is 10.2. The van der Waals surface area contributed by atoms with Gasteiger partial charge in [0.15, 0.2) is 0 Å². The molecule has 1 aliphatic rings. The maximum atomic E-state index is 13.2. The second-order valence-corrected chi connectivity index (χ2v) is 12.0. The van der Waals surface area contributed by atoms with Gasteiger partial charge in [0.25, 0.3) is 15.6 Å². The predicted octanol–water partition coefficient (Wildman–Crippen LogP) is 4.14. The number of rotatable bonds is 7. The van der Waals surface area contributed by atoms with Crippen LogP contribution in [-0.2, 0) is 10.0 Å². The normalized spacial score (nSPS) is 13.5. The molecule has 1 aliphatic carbocycles. The molecule has 0 radical (unpaired) electrons. The molecule has 186 valence electrons. The summed E-state index contributed by atoms with van der Waals surface area (Å²) >= 11 is 6.60. The number of thiophene rings is 1. The fourth-order valence-electron chi connectivity index (χ4n) is 3.62. The van der Waals surface area contributed by atoms with Crippen LogP contribution >= 0.6 is 22.9 Å². The summed E-state index contributed by atoms with van der Waals surface area (Å²) in [5.41, 5.74) is 1.49. The third kappa shape index (κ3) is 5.20. The highest BCUT2D eigenvalue weighted by atomic mass is 35.5. The van der Waals surface area contributed by atoms with Crippen molar-refractivity contribution in [3.63, 3.8) is 0 Å². The van der Waals surface area contributed by atoms with E-state index in [4.69, 9.17) is 11.6 Å². The van der Waals surface area contributed by atoms with Crippen LogP contribution in [0.4, 0.5) is 16.2 Å². The standard InChI is InChI=1S/C23H21ClN6O4S2/c1-13-27-18-10-15(25-11-14-2-3-14)4-6-17(18)22(31)30(13)20-8-5-16(12-26-20)28-23(32)29-36(33,34)21-9-7-19(24)35-21/h4-10,12,14,25H,2-3,11H2,1H3,(H2,28,29,32). The van der Waals surface area contributed by atoms with Gasteiger partial charge in [-0.2, -0.15) is 0 Å². The molecule has 0 atom stereocenters. The maximum Gasteiger partial charge on any atom is 0.333 e. The molecule has 1 fully saturated rings. The highest BCUT2D eigenvalue weighted by Crippen LogP contribution is 2.29. The molecule has 0 bridgehead atoms. The molecule has 36 heavy (non-hydrogen) atoms. The molecule has 5 rings (SSSR count). The van der Waals surface area contributed by atoms with Crippen molar-refractivity contribution in [1.29, 1.82) is 0 Å². The van der Waals surface area contributed by atoms with Gasteiger partial charge in [-0.15, -0.1) is 11.3 Å². The maximum absolute atomic E-state index is 13.2. The molecule has 10 nitrogen and oxygen atoms in total. The highest BCUT2D eigenvalue weighted by molar-refractivity contribution is 7.92. The number of fused-ring (bicyclic) bond motifs is 1. The van der Waals surface area contributed by atoms with Gasteiger partial charge >= 0.3 is 6.03 Å². The number of hydrogen-bond donors (Lipinski definition) is 3. The number of nitrogens with one attached hydrogen (secondary N) is 3. The van der Waals surface area contributed by atoms with Crippen LogP contribution in [0.25, 0.3) is 16.7 Å². The molecule has 13 heteroatoms. The zero-order valence-corrected chi connectivity index (χ0v) is 21.4. The summed E-state index contributed by atoms with van der Waals surface area (Å²) in [7, 11) is -4.06. The number of carbonyl (C=O) groups is 1. The summed E-state index contributed by atoms with van der Waals surface area (Å²) in [6.45, 7) is 2.63. The van der Waals surface area contributed by atoms with Crippen LogP contribution in [0.3, 0.4) is 0 Å². The van der Waals surface area contributed by atoms with Gasteiger partial charge in [-0.3, -0.25) is 4.79 Å². The highest BCUT2D eigenvalue weighted by Gasteiger charge is 2.21. The van der Waals surface area contributed by atoms with Gasteiger partial charge in [-0.1, -0.05) is 11.6 Å². The second-order valence-electron chi connectivity index (χ2n) is 8.38. The third-order valence-electron chi connectivity index (χ3n) is 5.60. The van der Waals surface area contributed by atoms with Gasteiger partial charge in [-0.25, -0.2) is 32.5 Å². The number of urea groups is 1. The summed E-state index contributed by atoms with van der Waals surface area (Å²) in [5, 5.41) is 6.26. The summed E-state index contributed by atoms with van der Waals surface area (Å²) in [4.78, 5) is 34.3. The molecule has 0 aliphatic heterocycles. The number of aryl methyl sites for hydroxylation is 1. The van der Waals surface area contributed by atoms with E-state index in [1.807, 2.05) is 16.9 Å². The molecular formula is C23H21ClN6O4S2. The SMILES string of the molecule is Cc1nc2cc(NCC3CC3)ccc2c(=O)n1-c1ccc(NC(=O)NS(=O)(=O)c2ccc(Cl)s2)cn1. The largest absolute Gasteiger partial charge is 0.385 e. The zero-order valence-electron chi connectivity index (χ0n) is 19.0. The smallest absolute Gasteiger partial charge is 0.333 e. The van der Waals surface area contributed by atoms with Crippen molar-refractivity contribution in [1.82, 2.24) is 19.3 Å². The molecule has 3 N–H and O–H groups in total. The van der Waals surface area contributed by atoms with Crippen molar-refractivity contribution < 1.29 is 13.2 Å². The summed E-state index contributed by atoms with van der Waals surface area (Å²) in [5.74, 6) is 1.50. The Morgan fingerprint density at radius 2 is 1.94 bits per heavy atom. The molecule has 0 spiro atoms. The minimum absolute atomic E-state index is 0.0828. The van der Waals surface area contributed by atoms with E-state index in [1.165, 1.54) is 47.9 Å². The van der Waals surface area contributed by atoms with Crippen molar-refractivity contribution in [3.8, 4) is 5.82 Å². The number of halogens is 1. The van der Waals surface area contributed by atoms with E-state index >= 15 is 0 Å². The molecule has 3 heterocycles.